The van der Waals surface area contributed by atoms with E-state index in [4.69, 9.17) is 4.74 Å². The van der Waals surface area contributed by atoms with Crippen molar-refractivity contribution in [3.63, 3.8) is 0 Å². The molecule has 6 nitrogen and oxygen atoms in total. The molecule has 2 fully saturated rings. The Labute approximate surface area is 174 Å². The molecular formula is C23H35N3O3. The minimum absolute atomic E-state index is 0.0398. The maximum Gasteiger partial charge on any atom is 0.258 e. The van der Waals surface area contributed by atoms with Gasteiger partial charge in [-0.05, 0) is 70.7 Å². The van der Waals surface area contributed by atoms with Crippen molar-refractivity contribution in [3.8, 4) is 5.75 Å². The molecule has 0 radical (unpaired) electrons. The molecular weight excluding hydrogens is 366 g/mol. The molecule has 3 rings (SSSR count). The van der Waals surface area contributed by atoms with E-state index in [1.165, 1.54) is 12.8 Å². The van der Waals surface area contributed by atoms with Gasteiger partial charge in [0.1, 0.15) is 11.8 Å². The van der Waals surface area contributed by atoms with Crippen molar-refractivity contribution in [3.05, 3.63) is 29.8 Å². The molecule has 1 aromatic rings. The van der Waals surface area contributed by atoms with Crippen molar-refractivity contribution in [2.24, 2.45) is 5.92 Å². The van der Waals surface area contributed by atoms with Gasteiger partial charge in [-0.25, -0.2) is 0 Å². The van der Waals surface area contributed by atoms with E-state index in [2.05, 4.69) is 24.1 Å². The van der Waals surface area contributed by atoms with Gasteiger partial charge >= 0.3 is 0 Å². The van der Waals surface area contributed by atoms with Gasteiger partial charge in [0.2, 0.25) is 5.91 Å². The van der Waals surface area contributed by atoms with Gasteiger partial charge in [-0.1, -0.05) is 19.1 Å². The predicted molar refractivity (Wildman–Crippen MR) is 114 cm³/mol. The Kier molecular flexibility index (Phi) is 7.53. The van der Waals surface area contributed by atoms with Crippen LogP contribution in [-0.2, 0) is 4.79 Å². The zero-order valence-corrected chi connectivity index (χ0v) is 18.0. The summed E-state index contributed by atoms with van der Waals surface area (Å²) in [6, 6.07) is 7.20. The van der Waals surface area contributed by atoms with Gasteiger partial charge in [-0.15, -0.1) is 0 Å². The number of piperidine rings is 1. The second-order valence-electron chi connectivity index (χ2n) is 8.40. The maximum absolute atomic E-state index is 13.1. The second-order valence-corrected chi connectivity index (χ2v) is 8.40. The lowest BCUT2D eigenvalue weighted by atomic mass is 9.98. The zero-order valence-electron chi connectivity index (χ0n) is 18.0. The number of carbonyl (C=O) groups excluding carboxylic acids is 2. The summed E-state index contributed by atoms with van der Waals surface area (Å²) in [5.41, 5.74) is 0.532. The van der Waals surface area contributed by atoms with E-state index in [1.54, 1.807) is 11.0 Å². The van der Waals surface area contributed by atoms with E-state index in [1.807, 2.05) is 25.1 Å². The highest BCUT2D eigenvalue weighted by molar-refractivity contribution is 6.00. The van der Waals surface area contributed by atoms with Crippen molar-refractivity contribution >= 4 is 11.8 Å². The average Bonchev–Trinajstić information content (AvgIpc) is 3.22. The number of para-hydroxylation sites is 1. The summed E-state index contributed by atoms with van der Waals surface area (Å²) < 4.78 is 5.61. The van der Waals surface area contributed by atoms with E-state index in [0.717, 1.165) is 25.4 Å². The van der Waals surface area contributed by atoms with Crippen LogP contribution in [0.3, 0.4) is 0 Å². The lowest BCUT2D eigenvalue weighted by molar-refractivity contribution is -0.125. The lowest BCUT2D eigenvalue weighted by Gasteiger charge is -2.35. The van der Waals surface area contributed by atoms with Gasteiger partial charge in [-0.2, -0.15) is 0 Å². The van der Waals surface area contributed by atoms with E-state index >= 15 is 0 Å². The Bertz CT molecular complexity index is 700. The van der Waals surface area contributed by atoms with Crippen molar-refractivity contribution in [2.45, 2.75) is 58.5 Å². The van der Waals surface area contributed by atoms with Gasteiger partial charge in [0.05, 0.1) is 12.2 Å². The quantitative estimate of drug-likeness (QED) is 0.763. The molecule has 2 amide bonds. The summed E-state index contributed by atoms with van der Waals surface area (Å²) >= 11 is 0. The van der Waals surface area contributed by atoms with Gasteiger partial charge < -0.3 is 15.0 Å². The molecule has 160 valence electrons. The van der Waals surface area contributed by atoms with Gasteiger partial charge in [0.25, 0.3) is 5.91 Å². The van der Waals surface area contributed by atoms with Crippen molar-refractivity contribution in [1.29, 1.82) is 0 Å². The van der Waals surface area contributed by atoms with Gasteiger partial charge in [0, 0.05) is 19.1 Å². The van der Waals surface area contributed by atoms with Crippen molar-refractivity contribution in [1.82, 2.24) is 15.1 Å². The zero-order chi connectivity index (χ0) is 20.8. The van der Waals surface area contributed by atoms with E-state index in [0.29, 0.717) is 43.5 Å². The number of amides is 2. The fourth-order valence-corrected chi connectivity index (χ4v) is 4.33. The predicted octanol–water partition coefficient (Wildman–Crippen LogP) is 2.93. The number of likely N-dealkylation sites (tertiary alicyclic amines) is 2. The third-order valence-electron chi connectivity index (χ3n) is 6.25. The molecule has 2 aliphatic rings. The van der Waals surface area contributed by atoms with Crippen LogP contribution < -0.4 is 10.1 Å². The molecule has 0 saturated carbocycles. The number of benzene rings is 1. The largest absolute Gasteiger partial charge is 0.493 e. The minimum atomic E-state index is -0.397. The first-order valence-corrected chi connectivity index (χ1v) is 11.1. The second kappa shape index (κ2) is 10.1. The van der Waals surface area contributed by atoms with Crippen LogP contribution in [0.4, 0.5) is 0 Å². The molecule has 2 saturated heterocycles. The van der Waals surface area contributed by atoms with Crippen LogP contribution in [0.5, 0.6) is 5.75 Å². The monoisotopic (exact) mass is 401 g/mol. The fraction of sp³-hybridized carbons (Fsp3) is 0.652. The first kappa shape index (κ1) is 21.6. The third kappa shape index (κ3) is 5.30. The molecule has 0 spiro atoms. The van der Waals surface area contributed by atoms with Gasteiger partial charge in [0.15, 0.2) is 0 Å². The average molecular weight is 402 g/mol. The molecule has 2 heterocycles. The molecule has 29 heavy (non-hydrogen) atoms. The topological polar surface area (TPSA) is 61.9 Å². The summed E-state index contributed by atoms with van der Waals surface area (Å²) in [5, 5.41) is 3.10. The van der Waals surface area contributed by atoms with Crippen LogP contribution in [0.1, 0.15) is 56.8 Å². The Hall–Kier alpha value is -2.08. The Morgan fingerprint density at radius 2 is 1.90 bits per heavy atom. The number of rotatable bonds is 7. The van der Waals surface area contributed by atoms with Gasteiger partial charge in [-0.3, -0.25) is 14.5 Å². The SMILES string of the molecule is CCOc1ccccc1C(=O)N1CCCC1C(=O)NCC(C)N1CCC(C)CC1. The molecule has 6 heteroatoms. The highest BCUT2D eigenvalue weighted by Gasteiger charge is 2.35. The normalized spacial score (nSPS) is 21.8. The number of carbonyl (C=O) groups is 2. The van der Waals surface area contributed by atoms with Crippen LogP contribution in [0, 0.1) is 5.92 Å². The molecule has 1 aromatic carbocycles. The van der Waals surface area contributed by atoms with Crippen molar-refractivity contribution in [2.75, 3.05) is 32.8 Å². The van der Waals surface area contributed by atoms with Crippen LogP contribution in [0.25, 0.3) is 0 Å². The Morgan fingerprint density at radius 1 is 1.17 bits per heavy atom. The van der Waals surface area contributed by atoms with Crippen LogP contribution in [-0.4, -0.2) is 66.5 Å². The van der Waals surface area contributed by atoms with Crippen LogP contribution >= 0.6 is 0 Å². The molecule has 2 aliphatic heterocycles. The summed E-state index contributed by atoms with van der Waals surface area (Å²) in [5.74, 6) is 1.22. The summed E-state index contributed by atoms with van der Waals surface area (Å²) in [6.07, 6.45) is 4.01. The smallest absolute Gasteiger partial charge is 0.258 e. The molecule has 0 aromatic heterocycles. The lowest BCUT2D eigenvalue weighted by Crippen LogP contribution is -2.50. The molecule has 0 bridgehead atoms. The molecule has 2 unspecified atom stereocenters. The first-order valence-electron chi connectivity index (χ1n) is 11.1. The van der Waals surface area contributed by atoms with Crippen molar-refractivity contribution < 1.29 is 14.3 Å². The highest BCUT2D eigenvalue weighted by Crippen LogP contribution is 2.25. The number of nitrogens with one attached hydrogen (secondary N) is 1. The van der Waals surface area contributed by atoms with E-state index in [9.17, 15) is 9.59 Å². The Balaban J connectivity index is 1.58. The number of hydrogen-bond donors (Lipinski definition) is 1. The molecule has 2 atom stereocenters. The maximum atomic E-state index is 13.1. The Morgan fingerprint density at radius 3 is 2.62 bits per heavy atom. The van der Waals surface area contributed by atoms with Crippen LogP contribution in [0.15, 0.2) is 24.3 Å². The fourth-order valence-electron chi connectivity index (χ4n) is 4.33. The van der Waals surface area contributed by atoms with E-state index < -0.39 is 6.04 Å². The van der Waals surface area contributed by atoms with Crippen LogP contribution in [0.2, 0.25) is 0 Å². The summed E-state index contributed by atoms with van der Waals surface area (Å²) in [4.78, 5) is 30.2. The highest BCUT2D eigenvalue weighted by atomic mass is 16.5. The molecule has 1 N–H and O–H groups in total. The number of ether oxygens (including phenoxy) is 1. The standard InChI is InChI=1S/C23H35N3O3/c1-4-29-21-10-6-5-8-19(21)23(28)26-13-7-9-20(26)22(27)24-16-18(3)25-14-11-17(2)12-15-25/h5-6,8,10,17-18,20H,4,7,9,11-16H2,1-3H3,(H,24,27). The minimum Gasteiger partial charge on any atom is -0.493 e. The molecule has 0 aliphatic carbocycles. The van der Waals surface area contributed by atoms with E-state index in [-0.39, 0.29) is 11.8 Å². The number of hydrogen-bond acceptors (Lipinski definition) is 4. The first-order chi connectivity index (χ1) is 14.0. The summed E-state index contributed by atoms with van der Waals surface area (Å²) in [7, 11) is 0. The number of nitrogens with zero attached hydrogens (tertiary/aromatic N) is 2. The third-order valence-corrected chi connectivity index (χ3v) is 6.25. The summed E-state index contributed by atoms with van der Waals surface area (Å²) in [6.45, 7) is 10.3.